The molecule has 7 nitrogen and oxygen atoms in total. The molecule has 3 rings (SSSR count). The fourth-order valence-corrected chi connectivity index (χ4v) is 2.93. The molecule has 1 aliphatic heterocycles. The van der Waals surface area contributed by atoms with E-state index < -0.39 is 0 Å². The highest BCUT2D eigenvalue weighted by molar-refractivity contribution is 6.30. The van der Waals surface area contributed by atoms with Crippen LogP contribution in [0.2, 0.25) is 5.02 Å². The van der Waals surface area contributed by atoms with Gasteiger partial charge in [0.15, 0.2) is 0 Å². The second-order valence-electron chi connectivity index (χ2n) is 5.71. The molecule has 0 unspecified atom stereocenters. The summed E-state index contributed by atoms with van der Waals surface area (Å²) in [5.74, 6) is -0.0639. The average Bonchev–Trinajstić information content (AvgIpc) is 3.17. The Hall–Kier alpha value is -2.41. The molecule has 2 aromatic rings. The van der Waals surface area contributed by atoms with Crippen LogP contribution in [0.5, 0.6) is 0 Å². The SMILES string of the molecule is O=C(CCCn1cncn1)N[C@@H]1CC(=O)N(c2cccc(Cl)c2)C1. The maximum Gasteiger partial charge on any atom is 0.229 e. The number of nitrogens with zero attached hydrogens (tertiary/aromatic N) is 4. The molecule has 0 spiro atoms. The number of nitrogens with one attached hydrogen (secondary N) is 1. The van der Waals surface area contributed by atoms with Crippen molar-refractivity contribution in [1.82, 2.24) is 20.1 Å². The lowest BCUT2D eigenvalue weighted by molar-refractivity contribution is -0.121. The van der Waals surface area contributed by atoms with Crippen LogP contribution in [-0.4, -0.2) is 39.2 Å². The highest BCUT2D eigenvalue weighted by Crippen LogP contribution is 2.24. The molecular formula is C16H18ClN5O2. The summed E-state index contributed by atoms with van der Waals surface area (Å²) < 4.78 is 1.69. The Bertz CT molecular complexity index is 719. The van der Waals surface area contributed by atoms with E-state index in [1.165, 1.54) is 6.33 Å². The first-order valence-corrected chi connectivity index (χ1v) is 8.17. The summed E-state index contributed by atoms with van der Waals surface area (Å²) in [6.45, 7) is 1.11. The van der Waals surface area contributed by atoms with Crippen molar-refractivity contribution in [2.24, 2.45) is 0 Å². The molecule has 24 heavy (non-hydrogen) atoms. The third-order valence-corrected chi connectivity index (χ3v) is 4.10. The maximum absolute atomic E-state index is 12.2. The van der Waals surface area contributed by atoms with Crippen LogP contribution in [0.15, 0.2) is 36.9 Å². The second kappa shape index (κ2) is 7.44. The van der Waals surface area contributed by atoms with Gasteiger partial charge in [0, 0.05) is 36.6 Å². The van der Waals surface area contributed by atoms with Crippen molar-refractivity contribution in [2.75, 3.05) is 11.4 Å². The van der Waals surface area contributed by atoms with Crippen LogP contribution in [0.3, 0.4) is 0 Å². The van der Waals surface area contributed by atoms with E-state index >= 15 is 0 Å². The number of benzene rings is 1. The number of carbonyl (C=O) groups is 2. The van der Waals surface area contributed by atoms with E-state index in [2.05, 4.69) is 15.4 Å². The molecule has 0 aliphatic carbocycles. The molecule has 1 aromatic heterocycles. The zero-order chi connectivity index (χ0) is 16.9. The molecule has 0 bridgehead atoms. The van der Waals surface area contributed by atoms with Crippen molar-refractivity contribution in [3.63, 3.8) is 0 Å². The zero-order valence-corrected chi connectivity index (χ0v) is 13.8. The molecule has 2 heterocycles. The van der Waals surface area contributed by atoms with Gasteiger partial charge in [0.2, 0.25) is 11.8 Å². The van der Waals surface area contributed by atoms with Crippen molar-refractivity contribution in [1.29, 1.82) is 0 Å². The fourth-order valence-electron chi connectivity index (χ4n) is 2.75. The molecular weight excluding hydrogens is 330 g/mol. The molecule has 8 heteroatoms. The second-order valence-corrected chi connectivity index (χ2v) is 6.15. The monoisotopic (exact) mass is 347 g/mol. The largest absolute Gasteiger partial charge is 0.351 e. The van der Waals surface area contributed by atoms with Gasteiger partial charge in [-0.2, -0.15) is 5.10 Å². The predicted molar refractivity (Wildman–Crippen MR) is 89.6 cm³/mol. The number of hydrogen-bond donors (Lipinski definition) is 1. The minimum absolute atomic E-state index is 0.00909. The standard InChI is InChI=1S/C16H18ClN5O2/c17-12-3-1-4-14(7-12)22-9-13(8-16(22)24)20-15(23)5-2-6-21-11-18-10-19-21/h1,3-4,7,10-11,13H,2,5-6,8-9H2,(H,20,23)/t13-/m1/s1. The van der Waals surface area contributed by atoms with Gasteiger partial charge in [-0.25, -0.2) is 4.98 Å². The summed E-state index contributed by atoms with van der Waals surface area (Å²) in [4.78, 5) is 29.7. The Morgan fingerprint density at radius 1 is 1.42 bits per heavy atom. The van der Waals surface area contributed by atoms with Crippen molar-refractivity contribution in [3.05, 3.63) is 41.9 Å². The zero-order valence-electron chi connectivity index (χ0n) is 13.1. The highest BCUT2D eigenvalue weighted by atomic mass is 35.5. The molecule has 0 saturated carbocycles. The molecule has 0 radical (unpaired) electrons. The number of aryl methyl sites for hydroxylation is 1. The number of anilines is 1. The predicted octanol–water partition coefficient (Wildman–Crippen LogP) is 1.63. The van der Waals surface area contributed by atoms with Crippen LogP contribution in [0.25, 0.3) is 0 Å². The van der Waals surface area contributed by atoms with Gasteiger partial charge in [-0.05, 0) is 24.6 Å². The third kappa shape index (κ3) is 4.11. The normalized spacial score (nSPS) is 17.3. The number of hydrogen-bond acceptors (Lipinski definition) is 4. The van der Waals surface area contributed by atoms with Crippen LogP contribution >= 0.6 is 11.6 Å². The Kier molecular flexibility index (Phi) is 5.10. The van der Waals surface area contributed by atoms with E-state index in [0.717, 1.165) is 5.69 Å². The van der Waals surface area contributed by atoms with Crippen LogP contribution in [0.1, 0.15) is 19.3 Å². The number of carbonyl (C=O) groups excluding carboxylic acids is 2. The summed E-state index contributed by atoms with van der Waals surface area (Å²) in [5.41, 5.74) is 0.760. The van der Waals surface area contributed by atoms with Gasteiger partial charge in [-0.3, -0.25) is 14.3 Å². The molecule has 1 saturated heterocycles. The first-order chi connectivity index (χ1) is 11.6. The van der Waals surface area contributed by atoms with Crippen molar-refractivity contribution in [3.8, 4) is 0 Å². The Morgan fingerprint density at radius 2 is 2.29 bits per heavy atom. The number of halogens is 1. The number of amides is 2. The van der Waals surface area contributed by atoms with Gasteiger partial charge in [-0.1, -0.05) is 17.7 Å². The van der Waals surface area contributed by atoms with Gasteiger partial charge in [0.25, 0.3) is 0 Å². The first kappa shape index (κ1) is 16.4. The first-order valence-electron chi connectivity index (χ1n) is 7.79. The Morgan fingerprint density at radius 3 is 3.04 bits per heavy atom. The van der Waals surface area contributed by atoms with Gasteiger partial charge < -0.3 is 10.2 Å². The quantitative estimate of drug-likeness (QED) is 0.861. The lowest BCUT2D eigenvalue weighted by atomic mass is 10.2. The van der Waals surface area contributed by atoms with Crippen molar-refractivity contribution < 1.29 is 9.59 Å². The summed E-state index contributed by atoms with van der Waals surface area (Å²) in [5, 5.41) is 7.50. The van der Waals surface area contributed by atoms with Crippen LogP contribution in [-0.2, 0) is 16.1 Å². The van der Waals surface area contributed by atoms with Gasteiger partial charge >= 0.3 is 0 Å². The fraction of sp³-hybridized carbons (Fsp3) is 0.375. The smallest absolute Gasteiger partial charge is 0.229 e. The van der Waals surface area contributed by atoms with Crippen molar-refractivity contribution in [2.45, 2.75) is 31.8 Å². The van der Waals surface area contributed by atoms with E-state index in [4.69, 9.17) is 11.6 Å². The average molecular weight is 348 g/mol. The van der Waals surface area contributed by atoms with E-state index in [-0.39, 0.29) is 17.9 Å². The van der Waals surface area contributed by atoms with Crippen LogP contribution < -0.4 is 10.2 Å². The molecule has 1 atom stereocenters. The van der Waals surface area contributed by atoms with Gasteiger partial charge in [0.1, 0.15) is 12.7 Å². The summed E-state index contributed by atoms with van der Waals surface area (Å²) in [6.07, 6.45) is 4.46. The summed E-state index contributed by atoms with van der Waals surface area (Å²) in [6, 6.07) is 6.99. The van der Waals surface area contributed by atoms with Gasteiger partial charge in [0.05, 0.1) is 6.04 Å². The lowest BCUT2D eigenvalue weighted by Gasteiger charge is -2.17. The van der Waals surface area contributed by atoms with Crippen LogP contribution in [0.4, 0.5) is 5.69 Å². The molecule has 2 amide bonds. The molecule has 1 aliphatic rings. The Labute approximate surface area is 144 Å². The number of rotatable bonds is 6. The minimum Gasteiger partial charge on any atom is -0.351 e. The minimum atomic E-state index is -0.171. The maximum atomic E-state index is 12.2. The van der Waals surface area contributed by atoms with Gasteiger partial charge in [-0.15, -0.1) is 0 Å². The van der Waals surface area contributed by atoms with E-state index in [1.807, 2.05) is 6.07 Å². The molecule has 126 valence electrons. The molecule has 1 N–H and O–H groups in total. The topological polar surface area (TPSA) is 80.1 Å². The summed E-state index contributed by atoms with van der Waals surface area (Å²) in [7, 11) is 0. The summed E-state index contributed by atoms with van der Waals surface area (Å²) >= 11 is 5.97. The number of aromatic nitrogens is 3. The third-order valence-electron chi connectivity index (χ3n) is 3.87. The van der Waals surface area contributed by atoms with E-state index in [1.54, 1.807) is 34.1 Å². The Balaban J connectivity index is 1.48. The van der Waals surface area contributed by atoms with E-state index in [9.17, 15) is 9.59 Å². The van der Waals surface area contributed by atoms with E-state index in [0.29, 0.717) is 37.4 Å². The molecule has 1 aromatic carbocycles. The highest BCUT2D eigenvalue weighted by Gasteiger charge is 2.31. The van der Waals surface area contributed by atoms with Crippen molar-refractivity contribution >= 4 is 29.1 Å². The van der Waals surface area contributed by atoms with Crippen LogP contribution in [0, 0.1) is 0 Å². The lowest BCUT2D eigenvalue weighted by Crippen LogP contribution is -2.37. The molecule has 1 fully saturated rings.